The average molecular weight is 624 g/mol. The second-order valence-electron chi connectivity index (χ2n) is 10.6. The first kappa shape index (κ1) is 31.3. The first-order valence-electron chi connectivity index (χ1n) is 13.9. The number of amides is 3. The highest BCUT2D eigenvalue weighted by molar-refractivity contribution is 7.88. The normalized spacial score (nSPS) is 22.6. The van der Waals surface area contributed by atoms with E-state index in [1.165, 1.54) is 0 Å². The zero-order chi connectivity index (χ0) is 29.7. The molecule has 3 amide bonds. The Morgan fingerprint density at radius 1 is 1.02 bits per heavy atom. The third kappa shape index (κ3) is 7.41. The molecule has 3 N–H and O–H groups in total. The molecule has 12 heteroatoms. The molecular formula is C29H36Cl2N4O5S. The number of sulfonamides is 1. The molecule has 1 aliphatic carbocycles. The summed E-state index contributed by atoms with van der Waals surface area (Å²) in [5.74, 6) is -1.53. The quantitative estimate of drug-likeness (QED) is 0.343. The topological polar surface area (TPSA) is 125 Å². The number of carbonyl (C=O) groups excluding carboxylic acids is 3. The van der Waals surface area contributed by atoms with Gasteiger partial charge in [-0.3, -0.25) is 14.4 Å². The van der Waals surface area contributed by atoms with E-state index in [0.29, 0.717) is 52.5 Å². The first-order chi connectivity index (χ1) is 19.5. The van der Waals surface area contributed by atoms with Crippen LogP contribution < -0.4 is 15.4 Å². The van der Waals surface area contributed by atoms with Gasteiger partial charge >= 0.3 is 0 Å². The molecule has 1 aliphatic heterocycles. The van der Waals surface area contributed by atoms with Crippen LogP contribution in [0.3, 0.4) is 0 Å². The van der Waals surface area contributed by atoms with E-state index >= 15 is 0 Å². The molecule has 2 aromatic carbocycles. The predicted octanol–water partition coefficient (Wildman–Crippen LogP) is 4.17. The number of benzene rings is 2. The van der Waals surface area contributed by atoms with Gasteiger partial charge in [-0.15, -0.1) is 0 Å². The average Bonchev–Trinajstić information content (AvgIpc) is 2.91. The van der Waals surface area contributed by atoms with Crippen molar-refractivity contribution in [2.45, 2.75) is 69.5 Å². The van der Waals surface area contributed by atoms with Crippen molar-refractivity contribution in [2.75, 3.05) is 19.3 Å². The standard InChI is InChI=1S/C29H36Cl2N4O5S/c1-3-32-25(36)13-8-16-33-28(37)26-19-9-4-5-10-20(19)29(38)35(27(26)21-15-14-18(30)17-22(21)31)24-12-7-6-11-23(24)34-41(2,39)40/h4-5,9-10,14-15,17,23-24,26-27,34H,3,6-8,11-13,16H2,1-2H3,(H,32,36)(H,33,37)/t23-,24-,26+,27-/m0/s1. The summed E-state index contributed by atoms with van der Waals surface area (Å²) in [7, 11) is -3.57. The minimum absolute atomic E-state index is 0.0888. The molecule has 4 rings (SSSR count). The SMILES string of the molecule is CCNC(=O)CCCNC(=O)[C@@H]1c2ccccc2C(=O)N([C@H]2CCCC[C@@H]2NS(C)(=O)=O)[C@H]1c1ccc(Cl)cc1Cl. The second-order valence-corrected chi connectivity index (χ2v) is 13.2. The number of hydrogen-bond donors (Lipinski definition) is 3. The summed E-state index contributed by atoms with van der Waals surface area (Å²) in [6, 6.07) is 10.1. The number of hydrogen-bond acceptors (Lipinski definition) is 5. The van der Waals surface area contributed by atoms with Crippen LogP contribution in [-0.4, -0.2) is 62.5 Å². The van der Waals surface area contributed by atoms with Crippen LogP contribution in [0.2, 0.25) is 10.0 Å². The monoisotopic (exact) mass is 622 g/mol. The molecule has 41 heavy (non-hydrogen) atoms. The number of fused-ring (bicyclic) bond motifs is 1. The van der Waals surface area contributed by atoms with Crippen LogP contribution >= 0.6 is 23.2 Å². The third-order valence-corrected chi connectivity index (χ3v) is 8.94. The van der Waals surface area contributed by atoms with Gasteiger partial charge in [-0.05, 0) is 55.5 Å². The molecule has 1 heterocycles. The van der Waals surface area contributed by atoms with E-state index < -0.39 is 34.1 Å². The fraction of sp³-hybridized carbons (Fsp3) is 0.483. The van der Waals surface area contributed by atoms with Crippen molar-refractivity contribution in [2.24, 2.45) is 0 Å². The number of carbonyl (C=O) groups is 3. The fourth-order valence-electron chi connectivity index (χ4n) is 5.98. The molecule has 0 bridgehead atoms. The van der Waals surface area contributed by atoms with Crippen LogP contribution in [0.25, 0.3) is 0 Å². The summed E-state index contributed by atoms with van der Waals surface area (Å²) in [4.78, 5) is 41.8. The number of nitrogens with one attached hydrogen (secondary N) is 3. The van der Waals surface area contributed by atoms with Gasteiger partial charge in [0.25, 0.3) is 5.91 Å². The first-order valence-corrected chi connectivity index (χ1v) is 16.5. The van der Waals surface area contributed by atoms with Crippen LogP contribution in [0.1, 0.15) is 78.9 Å². The van der Waals surface area contributed by atoms with Crippen LogP contribution in [0.15, 0.2) is 42.5 Å². The van der Waals surface area contributed by atoms with Gasteiger partial charge in [0, 0.05) is 47.2 Å². The van der Waals surface area contributed by atoms with Gasteiger partial charge in [0.2, 0.25) is 21.8 Å². The molecule has 4 atom stereocenters. The lowest BCUT2D eigenvalue weighted by molar-refractivity contribution is -0.125. The van der Waals surface area contributed by atoms with E-state index in [1.807, 2.05) is 6.92 Å². The van der Waals surface area contributed by atoms with Gasteiger partial charge < -0.3 is 15.5 Å². The maximum atomic E-state index is 14.3. The maximum Gasteiger partial charge on any atom is 0.255 e. The molecule has 222 valence electrons. The van der Waals surface area contributed by atoms with Crippen molar-refractivity contribution in [1.29, 1.82) is 0 Å². The van der Waals surface area contributed by atoms with Gasteiger partial charge in [-0.25, -0.2) is 13.1 Å². The molecule has 0 aromatic heterocycles. The summed E-state index contributed by atoms with van der Waals surface area (Å²) in [5.41, 5.74) is 1.50. The highest BCUT2D eigenvalue weighted by Crippen LogP contribution is 2.47. The molecule has 2 aliphatic rings. The Kier molecular flexibility index (Phi) is 10.3. The maximum absolute atomic E-state index is 14.3. The fourth-order valence-corrected chi connectivity index (χ4v) is 7.33. The van der Waals surface area contributed by atoms with Crippen molar-refractivity contribution in [1.82, 2.24) is 20.3 Å². The predicted molar refractivity (Wildman–Crippen MR) is 160 cm³/mol. The Bertz CT molecular complexity index is 1400. The van der Waals surface area contributed by atoms with Gasteiger partial charge in [-0.2, -0.15) is 0 Å². The van der Waals surface area contributed by atoms with Crippen molar-refractivity contribution < 1.29 is 22.8 Å². The van der Waals surface area contributed by atoms with E-state index in [1.54, 1.807) is 47.4 Å². The minimum Gasteiger partial charge on any atom is -0.356 e. The summed E-state index contributed by atoms with van der Waals surface area (Å²) in [6.45, 7) is 2.65. The van der Waals surface area contributed by atoms with Gasteiger partial charge in [0.15, 0.2) is 0 Å². The summed E-state index contributed by atoms with van der Waals surface area (Å²) < 4.78 is 27.4. The van der Waals surface area contributed by atoms with Crippen LogP contribution in [0, 0.1) is 0 Å². The molecule has 1 saturated carbocycles. The number of halogens is 2. The minimum atomic E-state index is -3.57. The third-order valence-electron chi connectivity index (χ3n) is 7.65. The zero-order valence-corrected chi connectivity index (χ0v) is 25.5. The zero-order valence-electron chi connectivity index (χ0n) is 23.2. The van der Waals surface area contributed by atoms with E-state index in [2.05, 4.69) is 15.4 Å². The Morgan fingerprint density at radius 3 is 2.46 bits per heavy atom. The summed E-state index contributed by atoms with van der Waals surface area (Å²) in [5, 5.41) is 6.43. The molecule has 2 aromatic rings. The lowest BCUT2D eigenvalue weighted by Crippen LogP contribution is -2.59. The molecule has 0 saturated heterocycles. The molecule has 0 radical (unpaired) electrons. The van der Waals surface area contributed by atoms with Crippen LogP contribution in [0.5, 0.6) is 0 Å². The van der Waals surface area contributed by atoms with Crippen molar-refractivity contribution in [3.8, 4) is 0 Å². The van der Waals surface area contributed by atoms with E-state index in [4.69, 9.17) is 23.2 Å². The van der Waals surface area contributed by atoms with E-state index in [-0.39, 0.29) is 30.7 Å². The van der Waals surface area contributed by atoms with Gasteiger partial charge in [-0.1, -0.05) is 60.3 Å². The van der Waals surface area contributed by atoms with E-state index in [0.717, 1.165) is 19.1 Å². The van der Waals surface area contributed by atoms with Crippen molar-refractivity contribution in [3.63, 3.8) is 0 Å². The van der Waals surface area contributed by atoms with Gasteiger partial charge in [0.1, 0.15) is 0 Å². The number of rotatable bonds is 10. The molecule has 9 nitrogen and oxygen atoms in total. The number of nitrogens with zero attached hydrogens (tertiary/aromatic N) is 1. The second kappa shape index (κ2) is 13.5. The highest BCUT2D eigenvalue weighted by Gasteiger charge is 2.49. The van der Waals surface area contributed by atoms with Crippen LogP contribution in [0.4, 0.5) is 0 Å². The molecular weight excluding hydrogens is 587 g/mol. The summed E-state index contributed by atoms with van der Waals surface area (Å²) >= 11 is 13.0. The molecule has 0 unspecified atom stereocenters. The Hall–Kier alpha value is -2.66. The van der Waals surface area contributed by atoms with Gasteiger partial charge in [0.05, 0.1) is 18.2 Å². The summed E-state index contributed by atoms with van der Waals surface area (Å²) in [6.07, 6.45) is 4.55. The smallest absolute Gasteiger partial charge is 0.255 e. The lowest BCUT2D eigenvalue weighted by atomic mass is 9.76. The van der Waals surface area contributed by atoms with Crippen molar-refractivity contribution in [3.05, 3.63) is 69.2 Å². The molecule has 1 fully saturated rings. The highest BCUT2D eigenvalue weighted by atomic mass is 35.5. The molecule has 0 spiro atoms. The van der Waals surface area contributed by atoms with Crippen molar-refractivity contribution >= 4 is 50.9 Å². The largest absolute Gasteiger partial charge is 0.356 e. The van der Waals surface area contributed by atoms with Crippen LogP contribution in [-0.2, 0) is 19.6 Å². The Morgan fingerprint density at radius 2 is 1.76 bits per heavy atom. The van der Waals surface area contributed by atoms with E-state index in [9.17, 15) is 22.8 Å². The lowest BCUT2D eigenvalue weighted by Gasteiger charge is -2.49. The Balaban J connectivity index is 1.79. The Labute approximate surface area is 251 Å².